The van der Waals surface area contributed by atoms with Gasteiger partial charge in [-0.25, -0.2) is 4.98 Å². The van der Waals surface area contributed by atoms with Crippen molar-refractivity contribution in [3.05, 3.63) is 29.3 Å². The van der Waals surface area contributed by atoms with Gasteiger partial charge in [-0.2, -0.15) is 10.1 Å². The first-order chi connectivity index (χ1) is 13.6. The van der Waals surface area contributed by atoms with Crippen molar-refractivity contribution in [2.45, 2.75) is 0 Å². The molecule has 2 aromatic heterocycles. The molecule has 8 nitrogen and oxygen atoms in total. The molecule has 0 spiro atoms. The minimum Gasteiger partial charge on any atom is -0.383 e. The Morgan fingerprint density at radius 1 is 1.11 bits per heavy atom. The van der Waals surface area contributed by atoms with Crippen LogP contribution >= 0.6 is 11.6 Å². The number of fused-ring (bicyclic) bond motifs is 1. The predicted octanol–water partition coefficient (Wildman–Crippen LogP) is 2.03. The number of ether oxygens (including phenoxy) is 1. The molecule has 1 fully saturated rings. The van der Waals surface area contributed by atoms with E-state index in [4.69, 9.17) is 32.0 Å². The lowest BCUT2D eigenvalue weighted by atomic mass is 10.1. The fourth-order valence-electron chi connectivity index (χ4n) is 3.45. The van der Waals surface area contributed by atoms with Crippen LogP contribution in [-0.4, -0.2) is 71.1 Å². The van der Waals surface area contributed by atoms with Crippen molar-refractivity contribution in [2.75, 3.05) is 57.1 Å². The minimum absolute atomic E-state index is 0.552. The third-order valence-electron chi connectivity index (χ3n) is 5.11. The van der Waals surface area contributed by atoms with E-state index >= 15 is 0 Å². The van der Waals surface area contributed by atoms with Crippen LogP contribution < -0.4 is 10.6 Å². The second-order valence-corrected chi connectivity index (χ2v) is 7.34. The lowest BCUT2D eigenvalue weighted by molar-refractivity contribution is 0.144. The van der Waals surface area contributed by atoms with E-state index in [1.54, 1.807) is 11.8 Å². The van der Waals surface area contributed by atoms with Crippen LogP contribution in [0.1, 0.15) is 0 Å². The first kappa shape index (κ1) is 18.9. The standard InChI is InChI=1S/C19H24ClN7O/c1-25-17(21)15-16(13-3-5-14(20)6-4-13)22-19(23-18(15)24-25)27-9-7-26(8-10-27)11-12-28-2/h3-6H,7-12,21H2,1-2H3. The molecular formula is C19H24ClN7O. The monoisotopic (exact) mass is 401 g/mol. The molecule has 9 heteroatoms. The number of halogens is 1. The molecule has 1 aliphatic rings. The summed E-state index contributed by atoms with van der Waals surface area (Å²) in [5.74, 6) is 1.23. The number of nitrogen functional groups attached to an aromatic ring is 1. The van der Waals surface area contributed by atoms with Gasteiger partial charge in [0.15, 0.2) is 5.65 Å². The van der Waals surface area contributed by atoms with Crippen LogP contribution in [-0.2, 0) is 11.8 Å². The van der Waals surface area contributed by atoms with Crippen molar-refractivity contribution < 1.29 is 4.74 Å². The molecule has 1 aromatic carbocycles. The number of rotatable bonds is 5. The van der Waals surface area contributed by atoms with E-state index in [-0.39, 0.29) is 0 Å². The van der Waals surface area contributed by atoms with Gasteiger partial charge in [-0.15, -0.1) is 0 Å². The third-order valence-corrected chi connectivity index (χ3v) is 5.36. The summed E-state index contributed by atoms with van der Waals surface area (Å²) < 4.78 is 6.82. The maximum atomic E-state index is 6.26. The van der Waals surface area contributed by atoms with Gasteiger partial charge in [0.1, 0.15) is 5.82 Å². The number of nitrogens with two attached hydrogens (primary N) is 1. The fraction of sp³-hybridized carbons (Fsp3) is 0.421. The number of aromatic nitrogens is 4. The summed E-state index contributed by atoms with van der Waals surface area (Å²) in [5.41, 5.74) is 8.59. The quantitative estimate of drug-likeness (QED) is 0.700. The van der Waals surface area contributed by atoms with E-state index in [2.05, 4.69) is 14.9 Å². The molecule has 0 radical (unpaired) electrons. The van der Waals surface area contributed by atoms with Gasteiger partial charge in [0.05, 0.1) is 17.7 Å². The summed E-state index contributed by atoms with van der Waals surface area (Å²) in [7, 11) is 3.55. The molecule has 28 heavy (non-hydrogen) atoms. The van der Waals surface area contributed by atoms with Crippen molar-refractivity contribution in [1.82, 2.24) is 24.6 Å². The van der Waals surface area contributed by atoms with Crippen LogP contribution in [0.5, 0.6) is 0 Å². The van der Waals surface area contributed by atoms with Gasteiger partial charge in [-0.3, -0.25) is 9.58 Å². The van der Waals surface area contributed by atoms with Crippen LogP contribution in [0.15, 0.2) is 24.3 Å². The van der Waals surface area contributed by atoms with Crippen LogP contribution in [0.2, 0.25) is 5.02 Å². The number of methoxy groups -OCH3 is 1. The van der Waals surface area contributed by atoms with E-state index in [9.17, 15) is 0 Å². The first-order valence-corrected chi connectivity index (χ1v) is 9.67. The SMILES string of the molecule is COCCN1CCN(c2nc(-c3ccc(Cl)cc3)c3c(N)n(C)nc3n2)CC1. The number of aryl methyl sites for hydroxylation is 1. The van der Waals surface area contributed by atoms with Gasteiger partial charge in [0.25, 0.3) is 0 Å². The summed E-state index contributed by atoms with van der Waals surface area (Å²) in [4.78, 5) is 14.2. The van der Waals surface area contributed by atoms with Gasteiger partial charge in [-0.05, 0) is 12.1 Å². The number of hydrogen-bond acceptors (Lipinski definition) is 7. The second kappa shape index (κ2) is 7.90. The van der Waals surface area contributed by atoms with Crippen LogP contribution in [0.4, 0.5) is 11.8 Å². The number of benzene rings is 1. The van der Waals surface area contributed by atoms with E-state index in [1.807, 2.05) is 31.3 Å². The second-order valence-electron chi connectivity index (χ2n) is 6.91. The van der Waals surface area contributed by atoms with Gasteiger partial charge in [-0.1, -0.05) is 23.7 Å². The lowest BCUT2D eigenvalue weighted by Gasteiger charge is -2.34. The zero-order chi connectivity index (χ0) is 19.7. The highest BCUT2D eigenvalue weighted by Crippen LogP contribution is 2.32. The molecule has 0 aliphatic carbocycles. The molecule has 0 atom stereocenters. The molecule has 1 aliphatic heterocycles. The maximum Gasteiger partial charge on any atom is 0.228 e. The zero-order valence-electron chi connectivity index (χ0n) is 16.1. The Balaban J connectivity index is 1.70. The molecule has 0 bridgehead atoms. The van der Waals surface area contributed by atoms with Crippen molar-refractivity contribution >= 4 is 34.4 Å². The predicted molar refractivity (Wildman–Crippen MR) is 112 cm³/mol. The van der Waals surface area contributed by atoms with Crippen LogP contribution in [0.3, 0.4) is 0 Å². The summed E-state index contributed by atoms with van der Waals surface area (Å²) in [6.45, 7) is 5.30. The summed E-state index contributed by atoms with van der Waals surface area (Å²) >= 11 is 6.06. The van der Waals surface area contributed by atoms with Gasteiger partial charge >= 0.3 is 0 Å². The minimum atomic E-state index is 0.552. The summed E-state index contributed by atoms with van der Waals surface area (Å²) in [5, 5.41) is 5.94. The third kappa shape index (κ3) is 3.63. The Kier molecular flexibility index (Phi) is 5.34. The first-order valence-electron chi connectivity index (χ1n) is 9.29. The Morgan fingerprint density at radius 3 is 2.50 bits per heavy atom. The van der Waals surface area contributed by atoms with Gasteiger partial charge < -0.3 is 15.4 Å². The van der Waals surface area contributed by atoms with E-state index in [0.717, 1.165) is 56.0 Å². The maximum absolute atomic E-state index is 6.26. The molecule has 148 valence electrons. The van der Waals surface area contributed by atoms with Gasteiger partial charge in [0, 0.05) is 57.5 Å². The molecule has 4 rings (SSSR count). The molecule has 0 amide bonds. The lowest BCUT2D eigenvalue weighted by Crippen LogP contribution is -2.47. The smallest absolute Gasteiger partial charge is 0.228 e. The van der Waals surface area contributed by atoms with E-state index in [0.29, 0.717) is 22.4 Å². The van der Waals surface area contributed by atoms with E-state index < -0.39 is 0 Å². The normalized spacial score (nSPS) is 15.5. The number of nitrogens with zero attached hydrogens (tertiary/aromatic N) is 6. The fourth-order valence-corrected chi connectivity index (χ4v) is 3.58. The Bertz CT molecular complexity index is 965. The molecule has 0 saturated carbocycles. The van der Waals surface area contributed by atoms with Crippen LogP contribution in [0, 0.1) is 0 Å². The highest BCUT2D eigenvalue weighted by Gasteiger charge is 2.23. The molecule has 1 saturated heterocycles. The zero-order valence-corrected chi connectivity index (χ0v) is 16.9. The summed E-state index contributed by atoms with van der Waals surface area (Å²) in [6, 6.07) is 7.60. The van der Waals surface area contributed by atoms with E-state index in [1.165, 1.54) is 0 Å². The average molecular weight is 402 g/mol. The highest BCUT2D eigenvalue weighted by atomic mass is 35.5. The van der Waals surface area contributed by atoms with Crippen molar-refractivity contribution in [3.8, 4) is 11.3 Å². The van der Waals surface area contributed by atoms with Crippen molar-refractivity contribution in [3.63, 3.8) is 0 Å². The average Bonchev–Trinajstić information content (AvgIpc) is 3.00. The van der Waals surface area contributed by atoms with Crippen LogP contribution in [0.25, 0.3) is 22.3 Å². The Morgan fingerprint density at radius 2 is 1.82 bits per heavy atom. The molecular weight excluding hydrogens is 378 g/mol. The molecule has 2 N–H and O–H groups in total. The molecule has 0 unspecified atom stereocenters. The largest absolute Gasteiger partial charge is 0.383 e. The Labute approximate surface area is 168 Å². The number of hydrogen-bond donors (Lipinski definition) is 1. The number of piperazine rings is 1. The molecule has 3 heterocycles. The van der Waals surface area contributed by atoms with Crippen molar-refractivity contribution in [1.29, 1.82) is 0 Å². The Hall–Kier alpha value is -2.42. The van der Waals surface area contributed by atoms with Gasteiger partial charge in [0.2, 0.25) is 5.95 Å². The topological polar surface area (TPSA) is 85.3 Å². The van der Waals surface area contributed by atoms with Crippen molar-refractivity contribution in [2.24, 2.45) is 7.05 Å². The highest BCUT2D eigenvalue weighted by molar-refractivity contribution is 6.30. The number of anilines is 2. The summed E-state index contributed by atoms with van der Waals surface area (Å²) in [6.07, 6.45) is 0. The molecule has 3 aromatic rings.